The molecule has 3 aromatic rings. The van der Waals surface area contributed by atoms with Gasteiger partial charge < -0.3 is 24.7 Å². The second-order valence-corrected chi connectivity index (χ2v) is 40.0. The third kappa shape index (κ3) is 14.1. The summed E-state index contributed by atoms with van der Waals surface area (Å²) in [5.74, 6) is 0. The highest BCUT2D eigenvalue weighted by molar-refractivity contribution is 7.03. The smallest absolute Gasteiger partial charge is 0.430 e. The molecule has 0 aliphatic rings. The molecule has 0 heterocycles. The molecule has 0 aliphatic carbocycles. The minimum Gasteiger partial charge on any atom is -0.430 e. The topological polar surface area (TPSA) is 55.4 Å². The van der Waals surface area contributed by atoms with E-state index in [1.54, 1.807) is 0 Å². The maximum Gasteiger partial charge on any atom is 0.469 e. The fourth-order valence-corrected chi connectivity index (χ4v) is 34.9. The molecule has 2 atom stereocenters. The van der Waals surface area contributed by atoms with Gasteiger partial charge in [0.05, 0.1) is 0 Å². The first-order valence-electron chi connectivity index (χ1n) is 15.8. The van der Waals surface area contributed by atoms with Gasteiger partial charge in [-0.05, 0) is 81.0 Å². The lowest BCUT2D eigenvalue weighted by molar-refractivity contribution is 0.215. The van der Waals surface area contributed by atoms with Crippen LogP contribution in [0.15, 0.2) is 116 Å². The fourth-order valence-electron chi connectivity index (χ4n) is 5.34. The van der Waals surface area contributed by atoms with Crippen LogP contribution in [0.2, 0.25) is 72.0 Å². The first-order valence-corrected chi connectivity index (χ1v) is 34.4. The van der Waals surface area contributed by atoms with Gasteiger partial charge in [0, 0.05) is 6.55 Å². The van der Waals surface area contributed by atoms with Crippen LogP contribution in [-0.4, -0.2) is 59.4 Å². The summed E-state index contributed by atoms with van der Waals surface area (Å²) in [5, 5.41) is 3.11. The average Bonchev–Trinajstić information content (AvgIpc) is 2.96. The Morgan fingerprint density at radius 2 is 0.780 bits per heavy atom. The third-order valence-corrected chi connectivity index (χ3v) is 33.1. The fraction of sp³-hybridized carbons (Fsp3) is 0.405. The quantitative estimate of drug-likeness (QED) is 0.127. The summed E-state index contributed by atoms with van der Waals surface area (Å²) < 4.78 is 43.2. The van der Waals surface area contributed by atoms with E-state index in [0.29, 0.717) is 0 Å². The lowest BCUT2D eigenvalue weighted by Gasteiger charge is -2.46. The second-order valence-electron chi connectivity index (χ2n) is 14.3. The lowest BCUT2D eigenvalue weighted by Crippen LogP contribution is -2.72. The first kappa shape index (κ1) is 50.5. The Bertz CT molecular complexity index is 1400. The van der Waals surface area contributed by atoms with Crippen molar-refractivity contribution in [3.8, 4) is 0 Å². The Morgan fingerprint density at radius 3 is 1.14 bits per heavy atom. The molecule has 3 rings (SSSR count). The SMILES string of the molecule is C.C.C.C.C=C[Si](C)(C)O[Si](C)(O[Si](C)(C)O[Si](O[Si](C)(C)C)(c1ccccc1)c1ccccc1)O[Si](C)(O[Si](C)(C)C=C)c1ccccc1. The van der Waals surface area contributed by atoms with Crippen molar-refractivity contribution in [2.45, 2.75) is 102 Å². The molecule has 282 valence electrons. The van der Waals surface area contributed by atoms with Crippen molar-refractivity contribution in [2.24, 2.45) is 0 Å². The van der Waals surface area contributed by atoms with Gasteiger partial charge in [0.2, 0.25) is 8.32 Å². The third-order valence-electron chi connectivity index (χ3n) is 7.15. The largest absolute Gasteiger partial charge is 0.469 e. The van der Waals surface area contributed by atoms with E-state index in [2.05, 4.69) is 139 Å². The minimum absolute atomic E-state index is 0. The molecule has 13 heteroatoms. The Labute approximate surface area is 315 Å². The molecular formula is C37H70O6Si7. The molecule has 0 N–H and O–H groups in total. The van der Waals surface area contributed by atoms with Crippen LogP contribution >= 0.6 is 0 Å². The van der Waals surface area contributed by atoms with Gasteiger partial charge in [0.15, 0.2) is 16.6 Å². The highest BCUT2D eigenvalue weighted by atomic mass is 28.5. The van der Waals surface area contributed by atoms with E-state index < -0.39 is 59.4 Å². The van der Waals surface area contributed by atoms with Crippen molar-refractivity contribution < 1.29 is 24.7 Å². The zero-order valence-corrected chi connectivity index (χ0v) is 36.7. The molecule has 50 heavy (non-hydrogen) atoms. The normalized spacial score (nSPS) is 14.6. The molecule has 0 saturated carbocycles. The van der Waals surface area contributed by atoms with Crippen LogP contribution in [-0.2, 0) is 24.7 Å². The van der Waals surface area contributed by atoms with Crippen LogP contribution in [0.1, 0.15) is 29.7 Å². The molecular weight excluding hydrogens is 737 g/mol. The van der Waals surface area contributed by atoms with E-state index in [1.807, 2.05) is 48.3 Å². The van der Waals surface area contributed by atoms with Gasteiger partial charge >= 0.3 is 34.5 Å². The van der Waals surface area contributed by atoms with E-state index in [4.69, 9.17) is 24.7 Å². The van der Waals surface area contributed by atoms with Gasteiger partial charge in [-0.3, -0.25) is 0 Å². The molecule has 0 saturated heterocycles. The van der Waals surface area contributed by atoms with Gasteiger partial charge in [-0.2, -0.15) is 0 Å². The Morgan fingerprint density at radius 1 is 0.420 bits per heavy atom. The van der Waals surface area contributed by atoms with Crippen LogP contribution in [0.5, 0.6) is 0 Å². The Balaban J connectivity index is 0. The molecule has 0 aliphatic heterocycles. The summed E-state index contributed by atoms with van der Waals surface area (Å²) in [5.41, 5.74) is 3.87. The summed E-state index contributed by atoms with van der Waals surface area (Å²) >= 11 is 0. The van der Waals surface area contributed by atoms with Crippen molar-refractivity contribution >= 4 is 75.0 Å². The predicted molar refractivity (Wildman–Crippen MR) is 237 cm³/mol. The van der Waals surface area contributed by atoms with Gasteiger partial charge in [-0.25, -0.2) is 0 Å². The minimum atomic E-state index is -3.50. The Hall–Kier alpha value is -1.58. The highest BCUT2D eigenvalue weighted by Crippen LogP contribution is 2.31. The zero-order chi connectivity index (χ0) is 34.5. The van der Waals surface area contributed by atoms with Crippen molar-refractivity contribution in [2.75, 3.05) is 0 Å². The monoisotopic (exact) mass is 806 g/mol. The number of hydrogen-bond acceptors (Lipinski definition) is 6. The maximum atomic E-state index is 7.46. The van der Waals surface area contributed by atoms with Gasteiger partial charge in [0.1, 0.15) is 0 Å². The molecule has 6 nitrogen and oxygen atoms in total. The molecule has 0 spiro atoms. The van der Waals surface area contributed by atoms with E-state index in [1.165, 1.54) is 0 Å². The molecule has 0 radical (unpaired) electrons. The van der Waals surface area contributed by atoms with Gasteiger partial charge in [-0.1, -0.05) is 132 Å². The van der Waals surface area contributed by atoms with Crippen molar-refractivity contribution in [1.82, 2.24) is 0 Å². The summed E-state index contributed by atoms with van der Waals surface area (Å²) in [6.45, 7) is 31.6. The van der Waals surface area contributed by atoms with Crippen LogP contribution in [0.25, 0.3) is 0 Å². The maximum absolute atomic E-state index is 7.46. The molecule has 2 unspecified atom stereocenters. The van der Waals surface area contributed by atoms with Gasteiger partial charge in [-0.15, -0.1) is 13.2 Å². The van der Waals surface area contributed by atoms with E-state index in [-0.39, 0.29) is 29.7 Å². The lowest BCUT2D eigenvalue weighted by atomic mass is 10.4. The van der Waals surface area contributed by atoms with Crippen LogP contribution < -0.4 is 15.6 Å². The number of benzene rings is 3. The van der Waals surface area contributed by atoms with Crippen molar-refractivity contribution in [1.29, 1.82) is 0 Å². The zero-order valence-electron chi connectivity index (χ0n) is 29.7. The average molecular weight is 808 g/mol. The molecule has 0 bridgehead atoms. The van der Waals surface area contributed by atoms with Crippen molar-refractivity contribution in [3.63, 3.8) is 0 Å². The van der Waals surface area contributed by atoms with Crippen LogP contribution in [0.4, 0.5) is 0 Å². The summed E-state index contributed by atoms with van der Waals surface area (Å²) in [4.78, 5) is 0. The van der Waals surface area contributed by atoms with Gasteiger partial charge in [0.25, 0.3) is 0 Å². The highest BCUT2D eigenvalue weighted by Gasteiger charge is 2.57. The first-order chi connectivity index (χ1) is 21.2. The number of rotatable bonds is 17. The van der Waals surface area contributed by atoms with E-state index in [9.17, 15) is 0 Å². The van der Waals surface area contributed by atoms with Crippen LogP contribution in [0, 0.1) is 0 Å². The standard InChI is InChI=1S/C33H54O6Si7.4CH4/c1-14-41(6,7)35-44(12,31-25-19-16-20-26-31)39-45(13,36-42(8,9)15-2)37-43(10,11)38-46(34-40(3,4)5,32-27-21-17-22-28-32)33-29-23-18-24-30-33;;;;/h14-30H,1-2H2,3-13H3;4*1H4. The second kappa shape index (κ2) is 19.5. The van der Waals surface area contributed by atoms with Crippen LogP contribution in [0.3, 0.4) is 0 Å². The van der Waals surface area contributed by atoms with E-state index >= 15 is 0 Å². The number of hydrogen-bond donors (Lipinski definition) is 0. The molecule has 0 fully saturated rings. The molecule has 3 aromatic carbocycles. The van der Waals surface area contributed by atoms with E-state index in [0.717, 1.165) is 15.6 Å². The Kier molecular flexibility index (Phi) is 19.7. The molecule has 0 aromatic heterocycles. The summed E-state index contributed by atoms with van der Waals surface area (Å²) in [6.07, 6.45) is 0. The summed E-state index contributed by atoms with van der Waals surface area (Å²) in [6, 6.07) is 30.9. The van der Waals surface area contributed by atoms with Crippen molar-refractivity contribution in [3.05, 3.63) is 116 Å². The molecule has 0 amide bonds. The summed E-state index contributed by atoms with van der Waals surface area (Å²) in [7, 11) is -19.9. The predicted octanol–water partition coefficient (Wildman–Crippen LogP) is 9.83.